The normalized spacial score (nSPS) is 9.82. The van der Waals surface area contributed by atoms with Gasteiger partial charge in [-0.1, -0.05) is 29.8 Å². The molecule has 0 aliphatic carbocycles. The highest BCUT2D eigenvalue weighted by Gasteiger charge is 2.07. The van der Waals surface area contributed by atoms with Crippen LogP contribution in [0.15, 0.2) is 30.4 Å². The standard InChI is InChI=1S/C12H12Cl2O3/c1-8(2)6-17-12(15)7-16-11-4-3-9(13)5-10(11)14/h3-5H,1,6-7H2,2H3. The molecule has 1 rings (SSSR count). The van der Waals surface area contributed by atoms with Crippen molar-refractivity contribution in [1.82, 2.24) is 0 Å². The van der Waals surface area contributed by atoms with Crippen LogP contribution in [0.25, 0.3) is 0 Å². The lowest BCUT2D eigenvalue weighted by Gasteiger charge is -2.08. The molecule has 1 aromatic rings. The molecule has 0 heterocycles. The van der Waals surface area contributed by atoms with Crippen molar-refractivity contribution in [1.29, 1.82) is 0 Å². The molecule has 0 atom stereocenters. The minimum absolute atomic E-state index is 0.191. The summed E-state index contributed by atoms with van der Waals surface area (Å²) in [6.07, 6.45) is 0. The Morgan fingerprint density at radius 2 is 2.06 bits per heavy atom. The fourth-order valence-electron chi connectivity index (χ4n) is 0.974. The Bertz CT molecular complexity index is 430. The lowest BCUT2D eigenvalue weighted by Crippen LogP contribution is -2.15. The van der Waals surface area contributed by atoms with Crippen molar-refractivity contribution in [3.05, 3.63) is 40.4 Å². The van der Waals surface area contributed by atoms with E-state index < -0.39 is 5.97 Å². The van der Waals surface area contributed by atoms with Gasteiger partial charge in [0.05, 0.1) is 5.02 Å². The van der Waals surface area contributed by atoms with Crippen LogP contribution in [0.3, 0.4) is 0 Å². The Morgan fingerprint density at radius 1 is 1.35 bits per heavy atom. The fraction of sp³-hybridized carbons (Fsp3) is 0.250. The van der Waals surface area contributed by atoms with Crippen molar-refractivity contribution >= 4 is 29.2 Å². The van der Waals surface area contributed by atoms with Gasteiger partial charge in [-0.15, -0.1) is 0 Å². The molecule has 0 spiro atoms. The van der Waals surface area contributed by atoms with Crippen molar-refractivity contribution < 1.29 is 14.3 Å². The molecular formula is C12H12Cl2O3. The van der Waals surface area contributed by atoms with Crippen LogP contribution in [0, 0.1) is 0 Å². The van der Waals surface area contributed by atoms with Crippen LogP contribution >= 0.6 is 23.2 Å². The van der Waals surface area contributed by atoms with Gasteiger partial charge in [0.1, 0.15) is 12.4 Å². The zero-order valence-corrected chi connectivity index (χ0v) is 10.8. The molecule has 0 bridgehead atoms. The summed E-state index contributed by atoms with van der Waals surface area (Å²) >= 11 is 11.6. The number of rotatable bonds is 5. The molecule has 0 aliphatic heterocycles. The SMILES string of the molecule is C=C(C)COC(=O)COc1ccc(Cl)cc1Cl. The summed E-state index contributed by atoms with van der Waals surface area (Å²) in [6.45, 7) is 5.37. The molecule has 0 saturated carbocycles. The Labute approximate surface area is 110 Å². The molecule has 0 saturated heterocycles. The summed E-state index contributed by atoms with van der Waals surface area (Å²) in [4.78, 5) is 11.2. The maximum Gasteiger partial charge on any atom is 0.344 e. The largest absolute Gasteiger partial charge is 0.480 e. The maximum absolute atomic E-state index is 11.2. The summed E-state index contributed by atoms with van der Waals surface area (Å²) in [5.74, 6) is -0.0811. The highest BCUT2D eigenvalue weighted by atomic mass is 35.5. The first-order valence-corrected chi connectivity index (χ1v) is 5.62. The first-order chi connectivity index (χ1) is 7.99. The summed E-state index contributed by atoms with van der Waals surface area (Å²) in [6, 6.07) is 4.76. The van der Waals surface area contributed by atoms with Crippen LogP contribution < -0.4 is 4.74 Å². The minimum atomic E-state index is -0.473. The third-order valence-electron chi connectivity index (χ3n) is 1.72. The average molecular weight is 275 g/mol. The second-order valence-electron chi connectivity index (χ2n) is 3.48. The van der Waals surface area contributed by atoms with Crippen LogP contribution in [0.5, 0.6) is 5.75 Å². The van der Waals surface area contributed by atoms with Gasteiger partial charge in [0.2, 0.25) is 0 Å². The first-order valence-electron chi connectivity index (χ1n) is 4.87. The van der Waals surface area contributed by atoms with Gasteiger partial charge < -0.3 is 9.47 Å². The lowest BCUT2D eigenvalue weighted by atomic mass is 10.3. The van der Waals surface area contributed by atoms with Crippen LogP contribution in [0.2, 0.25) is 10.0 Å². The molecule has 0 fully saturated rings. The van der Waals surface area contributed by atoms with Gasteiger partial charge >= 0.3 is 5.97 Å². The summed E-state index contributed by atoms with van der Waals surface area (Å²) in [7, 11) is 0. The quantitative estimate of drug-likeness (QED) is 0.609. The van der Waals surface area contributed by atoms with Gasteiger partial charge in [-0.2, -0.15) is 0 Å². The molecule has 0 amide bonds. The van der Waals surface area contributed by atoms with Gasteiger partial charge in [0.25, 0.3) is 0 Å². The second kappa shape index (κ2) is 6.52. The number of benzene rings is 1. The second-order valence-corrected chi connectivity index (χ2v) is 4.32. The molecule has 17 heavy (non-hydrogen) atoms. The summed E-state index contributed by atoms with van der Waals surface area (Å²) in [5, 5.41) is 0.859. The third kappa shape index (κ3) is 5.11. The van der Waals surface area contributed by atoms with Gasteiger partial charge in [0, 0.05) is 5.02 Å². The number of carbonyl (C=O) groups is 1. The van der Waals surface area contributed by atoms with E-state index in [4.69, 9.17) is 32.7 Å². The molecule has 5 heteroatoms. The van der Waals surface area contributed by atoms with E-state index in [1.807, 2.05) is 0 Å². The molecule has 92 valence electrons. The van der Waals surface area contributed by atoms with E-state index in [1.54, 1.807) is 19.1 Å². The topological polar surface area (TPSA) is 35.5 Å². The first kappa shape index (κ1) is 13.9. The Balaban J connectivity index is 2.44. The van der Waals surface area contributed by atoms with Gasteiger partial charge in [-0.05, 0) is 30.7 Å². The predicted molar refractivity (Wildman–Crippen MR) is 67.7 cm³/mol. The van der Waals surface area contributed by atoms with E-state index in [-0.39, 0.29) is 13.2 Å². The third-order valence-corrected chi connectivity index (χ3v) is 2.25. The number of hydrogen-bond acceptors (Lipinski definition) is 3. The van der Waals surface area contributed by atoms with E-state index >= 15 is 0 Å². The van der Waals surface area contributed by atoms with Crippen LogP contribution in [0.1, 0.15) is 6.92 Å². The number of esters is 1. The maximum atomic E-state index is 11.2. The van der Waals surface area contributed by atoms with E-state index in [0.717, 1.165) is 5.57 Å². The monoisotopic (exact) mass is 274 g/mol. The van der Waals surface area contributed by atoms with Crippen molar-refractivity contribution in [3.63, 3.8) is 0 Å². The highest BCUT2D eigenvalue weighted by Crippen LogP contribution is 2.27. The van der Waals surface area contributed by atoms with Crippen LogP contribution in [-0.4, -0.2) is 19.2 Å². The molecule has 0 radical (unpaired) electrons. The van der Waals surface area contributed by atoms with E-state index in [1.165, 1.54) is 6.07 Å². The van der Waals surface area contributed by atoms with Crippen LogP contribution in [-0.2, 0) is 9.53 Å². The van der Waals surface area contributed by atoms with Crippen LogP contribution in [0.4, 0.5) is 0 Å². The Kier molecular flexibility index (Phi) is 5.32. The Morgan fingerprint density at radius 3 is 2.65 bits per heavy atom. The molecule has 0 aromatic heterocycles. The molecule has 0 N–H and O–H groups in total. The zero-order valence-electron chi connectivity index (χ0n) is 9.33. The molecular weight excluding hydrogens is 263 g/mol. The van der Waals surface area contributed by atoms with Crippen molar-refractivity contribution in [2.75, 3.05) is 13.2 Å². The number of carbonyl (C=O) groups excluding carboxylic acids is 1. The molecule has 1 aromatic carbocycles. The smallest absolute Gasteiger partial charge is 0.344 e. The summed E-state index contributed by atoms with van der Waals surface area (Å²) in [5.41, 5.74) is 0.767. The van der Waals surface area contributed by atoms with Crippen molar-refractivity contribution in [2.24, 2.45) is 0 Å². The Hall–Kier alpha value is -1.19. The average Bonchev–Trinajstić information content (AvgIpc) is 2.25. The summed E-state index contributed by atoms with van der Waals surface area (Å²) < 4.78 is 10.0. The zero-order chi connectivity index (χ0) is 12.8. The van der Waals surface area contributed by atoms with Crippen molar-refractivity contribution in [2.45, 2.75) is 6.92 Å². The fourth-order valence-corrected chi connectivity index (χ4v) is 1.44. The number of ether oxygens (including phenoxy) is 2. The van der Waals surface area contributed by atoms with Gasteiger partial charge in [-0.3, -0.25) is 0 Å². The number of hydrogen-bond donors (Lipinski definition) is 0. The van der Waals surface area contributed by atoms with E-state index in [0.29, 0.717) is 15.8 Å². The predicted octanol–water partition coefficient (Wildman–Crippen LogP) is 3.49. The van der Waals surface area contributed by atoms with Crippen molar-refractivity contribution in [3.8, 4) is 5.75 Å². The molecule has 3 nitrogen and oxygen atoms in total. The lowest BCUT2D eigenvalue weighted by molar-refractivity contribution is -0.145. The highest BCUT2D eigenvalue weighted by molar-refractivity contribution is 6.35. The minimum Gasteiger partial charge on any atom is -0.480 e. The molecule has 0 unspecified atom stereocenters. The van der Waals surface area contributed by atoms with Gasteiger partial charge in [0.15, 0.2) is 6.61 Å². The molecule has 0 aliphatic rings. The van der Waals surface area contributed by atoms with E-state index in [2.05, 4.69) is 6.58 Å². The van der Waals surface area contributed by atoms with E-state index in [9.17, 15) is 4.79 Å². The number of halogens is 2. The van der Waals surface area contributed by atoms with Gasteiger partial charge in [-0.25, -0.2) is 4.79 Å².